The molecule has 1 aromatic carbocycles. The monoisotopic (exact) mass is 209 g/mol. The van der Waals surface area contributed by atoms with Gasteiger partial charge in [0.2, 0.25) is 0 Å². The van der Waals surface area contributed by atoms with E-state index >= 15 is 0 Å². The summed E-state index contributed by atoms with van der Waals surface area (Å²) in [5.74, 6) is 1.87. The molecule has 0 fully saturated rings. The molecule has 1 rings (SSSR count). The fourth-order valence-corrected chi connectivity index (χ4v) is 1.45. The first-order chi connectivity index (χ1) is 7.10. The molecule has 0 saturated heterocycles. The molecule has 15 heavy (non-hydrogen) atoms. The van der Waals surface area contributed by atoms with E-state index in [1.807, 2.05) is 18.2 Å². The molecule has 0 spiro atoms. The highest BCUT2D eigenvalue weighted by atomic mass is 16.5. The minimum Gasteiger partial charge on any atom is -0.493 e. The fourth-order valence-electron chi connectivity index (χ4n) is 1.45. The first-order valence-electron chi connectivity index (χ1n) is 5.07. The van der Waals surface area contributed by atoms with Gasteiger partial charge in [0.1, 0.15) is 0 Å². The molecule has 0 aromatic heterocycles. The van der Waals surface area contributed by atoms with Gasteiger partial charge in [-0.1, -0.05) is 19.9 Å². The van der Waals surface area contributed by atoms with E-state index in [2.05, 4.69) is 13.8 Å². The second kappa shape index (κ2) is 5.03. The van der Waals surface area contributed by atoms with Gasteiger partial charge < -0.3 is 15.2 Å². The highest BCUT2D eigenvalue weighted by Gasteiger charge is 2.13. The van der Waals surface area contributed by atoms with Crippen molar-refractivity contribution in [3.05, 3.63) is 23.8 Å². The summed E-state index contributed by atoms with van der Waals surface area (Å²) in [7, 11) is 3.25. The zero-order valence-corrected chi connectivity index (χ0v) is 9.78. The first-order valence-corrected chi connectivity index (χ1v) is 5.07. The van der Waals surface area contributed by atoms with Crippen LogP contribution in [0.1, 0.15) is 25.5 Å². The van der Waals surface area contributed by atoms with Crippen molar-refractivity contribution < 1.29 is 9.47 Å². The number of benzene rings is 1. The molecular weight excluding hydrogens is 190 g/mol. The van der Waals surface area contributed by atoms with Crippen molar-refractivity contribution in [3.8, 4) is 11.5 Å². The highest BCUT2D eigenvalue weighted by Crippen LogP contribution is 2.31. The van der Waals surface area contributed by atoms with Crippen LogP contribution in [0.25, 0.3) is 0 Å². The van der Waals surface area contributed by atoms with E-state index in [0.717, 1.165) is 17.1 Å². The second-order valence-corrected chi connectivity index (χ2v) is 3.88. The summed E-state index contributed by atoms with van der Waals surface area (Å²) in [6.07, 6.45) is 0. The molecule has 0 unspecified atom stereocenters. The fraction of sp³-hybridized carbons (Fsp3) is 0.500. The molecule has 0 saturated carbocycles. The van der Waals surface area contributed by atoms with Crippen molar-refractivity contribution in [2.75, 3.05) is 14.2 Å². The molecule has 0 aliphatic carbocycles. The van der Waals surface area contributed by atoms with Crippen molar-refractivity contribution in [1.29, 1.82) is 0 Å². The maximum Gasteiger partial charge on any atom is 0.161 e. The second-order valence-electron chi connectivity index (χ2n) is 3.88. The number of hydrogen-bond acceptors (Lipinski definition) is 3. The Morgan fingerprint density at radius 3 is 2.13 bits per heavy atom. The molecule has 3 heteroatoms. The van der Waals surface area contributed by atoms with Crippen molar-refractivity contribution in [2.24, 2.45) is 11.7 Å². The zero-order valence-electron chi connectivity index (χ0n) is 9.78. The molecule has 3 nitrogen and oxygen atoms in total. The number of nitrogens with two attached hydrogens (primary N) is 1. The Labute approximate surface area is 91.2 Å². The minimum absolute atomic E-state index is 0.0322. The van der Waals surface area contributed by atoms with Crippen LogP contribution in [-0.2, 0) is 0 Å². The highest BCUT2D eigenvalue weighted by molar-refractivity contribution is 5.43. The third-order valence-electron chi connectivity index (χ3n) is 2.51. The van der Waals surface area contributed by atoms with E-state index in [0.29, 0.717) is 5.92 Å². The van der Waals surface area contributed by atoms with Crippen LogP contribution >= 0.6 is 0 Å². The van der Waals surface area contributed by atoms with Gasteiger partial charge in [-0.15, -0.1) is 0 Å². The van der Waals surface area contributed by atoms with Crippen molar-refractivity contribution in [1.82, 2.24) is 0 Å². The van der Waals surface area contributed by atoms with E-state index < -0.39 is 0 Å². The van der Waals surface area contributed by atoms with Crippen molar-refractivity contribution in [2.45, 2.75) is 19.9 Å². The lowest BCUT2D eigenvalue weighted by atomic mass is 9.97. The van der Waals surface area contributed by atoms with Crippen LogP contribution in [0.5, 0.6) is 11.5 Å². The lowest BCUT2D eigenvalue weighted by Crippen LogP contribution is -2.16. The SMILES string of the molecule is COc1ccc([C@H](N)C(C)C)cc1OC. The topological polar surface area (TPSA) is 44.5 Å². The van der Waals surface area contributed by atoms with Crippen molar-refractivity contribution >= 4 is 0 Å². The van der Waals surface area contributed by atoms with Crippen LogP contribution in [0.4, 0.5) is 0 Å². The average Bonchev–Trinajstić information content (AvgIpc) is 2.26. The summed E-state index contributed by atoms with van der Waals surface area (Å²) < 4.78 is 10.4. The average molecular weight is 209 g/mol. The maximum atomic E-state index is 6.06. The Balaban J connectivity index is 3.02. The van der Waals surface area contributed by atoms with Gasteiger partial charge in [-0.2, -0.15) is 0 Å². The van der Waals surface area contributed by atoms with Crippen LogP contribution in [0.3, 0.4) is 0 Å². The summed E-state index contributed by atoms with van der Waals surface area (Å²) in [6, 6.07) is 5.83. The number of ether oxygens (including phenoxy) is 2. The van der Waals surface area contributed by atoms with Gasteiger partial charge in [0.25, 0.3) is 0 Å². The molecule has 0 heterocycles. The summed E-state index contributed by atoms with van der Waals surface area (Å²) in [5, 5.41) is 0. The van der Waals surface area contributed by atoms with Gasteiger partial charge in [-0.3, -0.25) is 0 Å². The van der Waals surface area contributed by atoms with Crippen LogP contribution in [0, 0.1) is 5.92 Å². The van der Waals surface area contributed by atoms with Crippen LogP contribution in [-0.4, -0.2) is 14.2 Å². The van der Waals surface area contributed by atoms with E-state index in [4.69, 9.17) is 15.2 Å². The quantitative estimate of drug-likeness (QED) is 0.828. The standard InChI is InChI=1S/C12H19NO2/c1-8(2)12(13)9-5-6-10(14-3)11(7-9)15-4/h5-8,12H,13H2,1-4H3/t12-/m1/s1. The summed E-state index contributed by atoms with van der Waals surface area (Å²) >= 11 is 0. The Kier molecular flexibility index (Phi) is 3.97. The lowest BCUT2D eigenvalue weighted by molar-refractivity contribution is 0.353. The molecule has 84 valence electrons. The normalized spacial score (nSPS) is 12.7. The summed E-state index contributed by atoms with van der Waals surface area (Å²) in [5.41, 5.74) is 7.13. The van der Waals surface area contributed by atoms with Gasteiger partial charge >= 0.3 is 0 Å². The van der Waals surface area contributed by atoms with Crippen LogP contribution < -0.4 is 15.2 Å². The van der Waals surface area contributed by atoms with E-state index in [1.165, 1.54) is 0 Å². The summed E-state index contributed by atoms with van der Waals surface area (Å²) in [4.78, 5) is 0. The molecule has 0 radical (unpaired) electrons. The van der Waals surface area contributed by atoms with E-state index in [-0.39, 0.29) is 6.04 Å². The number of hydrogen-bond donors (Lipinski definition) is 1. The predicted molar refractivity (Wildman–Crippen MR) is 61.3 cm³/mol. The number of rotatable bonds is 4. The Morgan fingerprint density at radius 1 is 1.07 bits per heavy atom. The van der Waals surface area contributed by atoms with Crippen LogP contribution in [0.15, 0.2) is 18.2 Å². The van der Waals surface area contributed by atoms with Gasteiger partial charge in [-0.05, 0) is 23.6 Å². The smallest absolute Gasteiger partial charge is 0.161 e. The van der Waals surface area contributed by atoms with Gasteiger partial charge in [0, 0.05) is 6.04 Å². The first kappa shape index (κ1) is 11.9. The molecule has 1 aromatic rings. The molecule has 0 bridgehead atoms. The zero-order chi connectivity index (χ0) is 11.4. The van der Waals surface area contributed by atoms with Crippen LogP contribution in [0.2, 0.25) is 0 Å². The van der Waals surface area contributed by atoms with Gasteiger partial charge in [0.05, 0.1) is 14.2 Å². The van der Waals surface area contributed by atoms with Gasteiger partial charge in [-0.25, -0.2) is 0 Å². The Morgan fingerprint density at radius 2 is 1.67 bits per heavy atom. The summed E-state index contributed by atoms with van der Waals surface area (Å²) in [6.45, 7) is 4.20. The Hall–Kier alpha value is -1.22. The van der Waals surface area contributed by atoms with Crippen molar-refractivity contribution in [3.63, 3.8) is 0 Å². The molecule has 1 atom stereocenters. The van der Waals surface area contributed by atoms with E-state index in [9.17, 15) is 0 Å². The predicted octanol–water partition coefficient (Wildman–Crippen LogP) is 2.36. The molecular formula is C12H19NO2. The maximum absolute atomic E-state index is 6.06. The Bertz CT molecular complexity index is 323. The largest absolute Gasteiger partial charge is 0.493 e. The number of methoxy groups -OCH3 is 2. The molecule has 0 aliphatic heterocycles. The third kappa shape index (κ3) is 2.63. The minimum atomic E-state index is 0.0322. The van der Waals surface area contributed by atoms with E-state index in [1.54, 1.807) is 14.2 Å². The third-order valence-corrected chi connectivity index (χ3v) is 2.51. The lowest BCUT2D eigenvalue weighted by Gasteiger charge is -2.17. The van der Waals surface area contributed by atoms with Gasteiger partial charge in [0.15, 0.2) is 11.5 Å². The molecule has 2 N–H and O–H groups in total. The molecule has 0 amide bonds. The molecule has 0 aliphatic rings.